The predicted molar refractivity (Wildman–Crippen MR) is 44.8 cm³/mol. The van der Waals surface area contributed by atoms with Crippen LogP contribution in [0.5, 0.6) is 0 Å². The highest BCUT2D eigenvalue weighted by Crippen LogP contribution is 2.24. The summed E-state index contributed by atoms with van der Waals surface area (Å²) < 4.78 is 36.0. The summed E-state index contributed by atoms with van der Waals surface area (Å²) in [7, 11) is 0. The van der Waals surface area contributed by atoms with E-state index in [1.807, 2.05) is 0 Å². The maximum Gasteiger partial charge on any atom is 0.450 e. The maximum absolute atomic E-state index is 12.0. The van der Waals surface area contributed by atoms with Crippen LogP contribution in [0.4, 0.5) is 13.2 Å². The second-order valence-electron chi connectivity index (χ2n) is 3.04. The zero-order valence-corrected chi connectivity index (χ0v) is 8.15. The summed E-state index contributed by atoms with van der Waals surface area (Å²) in [6.45, 7) is 3.09. The van der Waals surface area contributed by atoms with Gasteiger partial charge in [-0.25, -0.2) is 0 Å². The molecule has 0 aliphatic carbocycles. The lowest BCUT2D eigenvalue weighted by Gasteiger charge is -2.13. The zero-order valence-electron chi connectivity index (χ0n) is 8.15. The lowest BCUT2D eigenvalue weighted by molar-refractivity contribution is -0.176. The molecule has 0 N–H and O–H groups in total. The summed E-state index contributed by atoms with van der Waals surface area (Å²) in [5.74, 6) is -4.04. The fourth-order valence-corrected chi connectivity index (χ4v) is 1.18. The summed E-state index contributed by atoms with van der Waals surface area (Å²) in [6.07, 6.45) is -4.50. The average molecular weight is 210 g/mol. The summed E-state index contributed by atoms with van der Waals surface area (Å²) in [4.78, 5) is 21.9. The molecule has 0 fully saturated rings. The SMILES string of the molecule is CCCC(=O)C(CC)C(=O)C(F)(F)F. The van der Waals surface area contributed by atoms with Gasteiger partial charge < -0.3 is 0 Å². The van der Waals surface area contributed by atoms with Crippen molar-refractivity contribution in [1.29, 1.82) is 0 Å². The second kappa shape index (κ2) is 5.12. The lowest BCUT2D eigenvalue weighted by Crippen LogP contribution is -2.34. The Balaban J connectivity index is 4.57. The minimum atomic E-state index is -4.90. The smallest absolute Gasteiger partial charge is 0.299 e. The fraction of sp³-hybridized carbons (Fsp3) is 0.778. The molecule has 0 saturated heterocycles. The van der Waals surface area contributed by atoms with E-state index in [9.17, 15) is 22.8 Å². The van der Waals surface area contributed by atoms with Crippen LogP contribution in [0, 0.1) is 5.92 Å². The number of carbonyl (C=O) groups is 2. The van der Waals surface area contributed by atoms with Gasteiger partial charge in [0.2, 0.25) is 5.78 Å². The van der Waals surface area contributed by atoms with Crippen LogP contribution >= 0.6 is 0 Å². The van der Waals surface area contributed by atoms with Crippen LogP contribution in [0.15, 0.2) is 0 Å². The van der Waals surface area contributed by atoms with Crippen LogP contribution in [0.1, 0.15) is 33.1 Å². The van der Waals surface area contributed by atoms with E-state index in [4.69, 9.17) is 0 Å². The summed E-state index contributed by atoms with van der Waals surface area (Å²) in [6, 6.07) is 0. The van der Waals surface area contributed by atoms with E-state index >= 15 is 0 Å². The van der Waals surface area contributed by atoms with Crippen LogP contribution in [-0.2, 0) is 9.59 Å². The lowest BCUT2D eigenvalue weighted by atomic mass is 9.93. The van der Waals surface area contributed by atoms with E-state index in [1.54, 1.807) is 6.92 Å². The van der Waals surface area contributed by atoms with Gasteiger partial charge in [0, 0.05) is 6.42 Å². The van der Waals surface area contributed by atoms with E-state index in [1.165, 1.54) is 6.92 Å². The van der Waals surface area contributed by atoms with Gasteiger partial charge in [0.1, 0.15) is 5.78 Å². The second-order valence-corrected chi connectivity index (χ2v) is 3.04. The van der Waals surface area contributed by atoms with Gasteiger partial charge in [-0.3, -0.25) is 9.59 Å². The first-order valence-corrected chi connectivity index (χ1v) is 4.48. The Bertz CT molecular complexity index is 221. The van der Waals surface area contributed by atoms with Crippen molar-refractivity contribution >= 4 is 11.6 Å². The minimum Gasteiger partial charge on any atom is -0.299 e. The number of Topliss-reactive ketones (excluding diaryl/α,β-unsaturated/α-hetero) is 2. The van der Waals surface area contributed by atoms with Gasteiger partial charge in [0.25, 0.3) is 0 Å². The molecule has 0 aromatic rings. The molecule has 0 aromatic heterocycles. The average Bonchev–Trinajstić information content (AvgIpc) is 2.04. The van der Waals surface area contributed by atoms with Crippen molar-refractivity contribution in [3.63, 3.8) is 0 Å². The number of ketones is 2. The van der Waals surface area contributed by atoms with E-state index < -0.39 is 23.7 Å². The molecule has 0 aromatic carbocycles. The zero-order chi connectivity index (χ0) is 11.4. The fourth-order valence-electron chi connectivity index (χ4n) is 1.18. The molecule has 0 radical (unpaired) electrons. The van der Waals surface area contributed by atoms with Gasteiger partial charge >= 0.3 is 6.18 Å². The van der Waals surface area contributed by atoms with Crippen molar-refractivity contribution in [2.75, 3.05) is 0 Å². The normalized spacial score (nSPS) is 13.8. The first-order valence-electron chi connectivity index (χ1n) is 4.48. The molecule has 1 unspecified atom stereocenters. The summed E-state index contributed by atoms with van der Waals surface area (Å²) in [5, 5.41) is 0. The first-order chi connectivity index (χ1) is 6.34. The van der Waals surface area contributed by atoms with Crippen LogP contribution in [0.2, 0.25) is 0 Å². The van der Waals surface area contributed by atoms with Crippen molar-refractivity contribution in [3.05, 3.63) is 0 Å². The van der Waals surface area contributed by atoms with Gasteiger partial charge in [-0.15, -0.1) is 0 Å². The third-order valence-electron chi connectivity index (χ3n) is 1.89. The van der Waals surface area contributed by atoms with Gasteiger partial charge in [-0.2, -0.15) is 13.2 Å². The van der Waals surface area contributed by atoms with Crippen LogP contribution in [0.3, 0.4) is 0 Å². The molecule has 1 atom stereocenters. The van der Waals surface area contributed by atoms with E-state index in [0.717, 1.165) is 0 Å². The molecule has 82 valence electrons. The molecule has 0 spiro atoms. The molecule has 0 aliphatic heterocycles. The van der Waals surface area contributed by atoms with Crippen molar-refractivity contribution in [2.45, 2.75) is 39.3 Å². The number of hydrogen-bond acceptors (Lipinski definition) is 2. The highest BCUT2D eigenvalue weighted by atomic mass is 19.4. The molecule has 0 bridgehead atoms. The maximum atomic E-state index is 12.0. The summed E-state index contributed by atoms with van der Waals surface area (Å²) in [5.41, 5.74) is 0. The Labute approximate surface area is 80.5 Å². The highest BCUT2D eigenvalue weighted by molar-refractivity contribution is 6.04. The molecule has 0 amide bonds. The Morgan fingerprint density at radius 1 is 1.21 bits per heavy atom. The van der Waals surface area contributed by atoms with Crippen LogP contribution in [0.25, 0.3) is 0 Å². The van der Waals surface area contributed by atoms with Crippen molar-refractivity contribution in [1.82, 2.24) is 0 Å². The van der Waals surface area contributed by atoms with E-state index in [0.29, 0.717) is 6.42 Å². The molecule has 5 heteroatoms. The van der Waals surface area contributed by atoms with E-state index in [2.05, 4.69) is 0 Å². The molecular weight excluding hydrogens is 197 g/mol. The summed E-state index contributed by atoms with van der Waals surface area (Å²) >= 11 is 0. The first kappa shape index (κ1) is 13.1. The van der Waals surface area contributed by atoms with Crippen LogP contribution in [-0.4, -0.2) is 17.7 Å². The molecule has 0 rings (SSSR count). The topological polar surface area (TPSA) is 34.1 Å². The molecule has 2 nitrogen and oxygen atoms in total. The van der Waals surface area contributed by atoms with Crippen molar-refractivity contribution in [3.8, 4) is 0 Å². The predicted octanol–water partition coefficient (Wildman–Crippen LogP) is 2.51. The molecule has 0 aliphatic rings. The molecule has 14 heavy (non-hydrogen) atoms. The standard InChI is InChI=1S/C9H13F3O2/c1-3-5-7(13)6(4-2)8(14)9(10,11)12/h6H,3-5H2,1-2H3. The monoisotopic (exact) mass is 210 g/mol. The molecule has 0 saturated carbocycles. The number of hydrogen-bond donors (Lipinski definition) is 0. The Kier molecular flexibility index (Phi) is 4.80. The number of rotatable bonds is 5. The number of carbonyl (C=O) groups excluding carboxylic acids is 2. The third-order valence-corrected chi connectivity index (χ3v) is 1.89. The van der Waals surface area contributed by atoms with Gasteiger partial charge in [-0.1, -0.05) is 13.8 Å². The minimum absolute atomic E-state index is 0.0281. The van der Waals surface area contributed by atoms with Gasteiger partial charge in [-0.05, 0) is 12.8 Å². The van der Waals surface area contributed by atoms with Crippen molar-refractivity contribution < 1.29 is 22.8 Å². The van der Waals surface area contributed by atoms with Crippen LogP contribution < -0.4 is 0 Å². The van der Waals surface area contributed by atoms with Crippen molar-refractivity contribution in [2.24, 2.45) is 5.92 Å². The van der Waals surface area contributed by atoms with E-state index in [-0.39, 0.29) is 12.8 Å². The third kappa shape index (κ3) is 3.47. The Hall–Kier alpha value is -0.870. The Morgan fingerprint density at radius 3 is 2.00 bits per heavy atom. The molecular formula is C9H13F3O2. The van der Waals surface area contributed by atoms with Gasteiger partial charge in [0.05, 0.1) is 5.92 Å². The largest absolute Gasteiger partial charge is 0.450 e. The molecule has 0 heterocycles. The number of halogens is 3. The Morgan fingerprint density at radius 2 is 1.71 bits per heavy atom. The van der Waals surface area contributed by atoms with Gasteiger partial charge in [0.15, 0.2) is 0 Å². The quantitative estimate of drug-likeness (QED) is 0.653. The highest BCUT2D eigenvalue weighted by Gasteiger charge is 2.44. The number of alkyl halides is 3.